The summed E-state index contributed by atoms with van der Waals surface area (Å²) in [4.78, 5) is 26.1. The Labute approximate surface area is 122 Å². The monoisotopic (exact) mass is 280 g/mol. The number of imide groups is 1. The molecule has 0 aromatic rings. The third-order valence-electron chi connectivity index (χ3n) is 5.00. The molecule has 0 aromatic heterocycles. The zero-order chi connectivity index (χ0) is 14.9. The molecule has 1 saturated heterocycles. The second-order valence-electron chi connectivity index (χ2n) is 7.44. The first-order valence-corrected chi connectivity index (χ1v) is 7.91. The van der Waals surface area contributed by atoms with Crippen molar-refractivity contribution in [1.82, 2.24) is 4.90 Å². The largest absolute Gasteiger partial charge is 0.330 e. The quantitative estimate of drug-likeness (QED) is 0.599. The third-order valence-corrected chi connectivity index (χ3v) is 5.00. The van der Waals surface area contributed by atoms with Gasteiger partial charge in [0, 0.05) is 6.54 Å². The van der Waals surface area contributed by atoms with Crippen LogP contribution in [0.2, 0.25) is 0 Å². The average Bonchev–Trinajstić information content (AvgIpc) is 2.87. The smallest absolute Gasteiger partial charge is 0.233 e. The molecule has 1 aliphatic heterocycles. The van der Waals surface area contributed by atoms with E-state index in [0.717, 1.165) is 32.1 Å². The molecule has 20 heavy (non-hydrogen) atoms. The minimum absolute atomic E-state index is 0.0158. The van der Waals surface area contributed by atoms with Crippen molar-refractivity contribution in [1.29, 1.82) is 0 Å². The number of hydrogen-bond acceptors (Lipinski definition) is 3. The number of carbonyl (C=O) groups excluding carboxylic acids is 2. The van der Waals surface area contributed by atoms with E-state index in [1.54, 1.807) is 0 Å². The average molecular weight is 280 g/mol. The minimum atomic E-state index is -0.0158. The predicted octanol–water partition coefficient (Wildman–Crippen LogP) is 2.17. The number of fused-ring (bicyclic) bond motifs is 1. The number of rotatable bonds is 6. The highest BCUT2D eigenvalue weighted by molar-refractivity contribution is 6.05. The van der Waals surface area contributed by atoms with Crippen molar-refractivity contribution in [3.63, 3.8) is 0 Å². The third kappa shape index (κ3) is 3.05. The van der Waals surface area contributed by atoms with Gasteiger partial charge in [0.2, 0.25) is 11.8 Å². The molecule has 2 rings (SSSR count). The maximum Gasteiger partial charge on any atom is 0.233 e. The second-order valence-corrected chi connectivity index (χ2v) is 7.44. The van der Waals surface area contributed by atoms with Crippen LogP contribution in [0.15, 0.2) is 0 Å². The minimum Gasteiger partial charge on any atom is -0.330 e. The molecule has 2 unspecified atom stereocenters. The molecule has 1 saturated carbocycles. The van der Waals surface area contributed by atoms with Crippen molar-refractivity contribution in [2.24, 2.45) is 28.9 Å². The van der Waals surface area contributed by atoms with Crippen molar-refractivity contribution in [3.8, 4) is 0 Å². The molecule has 2 N–H and O–H groups in total. The van der Waals surface area contributed by atoms with Gasteiger partial charge < -0.3 is 5.73 Å². The van der Waals surface area contributed by atoms with E-state index in [1.165, 1.54) is 4.90 Å². The van der Waals surface area contributed by atoms with Gasteiger partial charge in [-0.2, -0.15) is 0 Å². The van der Waals surface area contributed by atoms with Crippen LogP contribution in [0.3, 0.4) is 0 Å². The lowest BCUT2D eigenvalue weighted by Gasteiger charge is -2.23. The van der Waals surface area contributed by atoms with Crippen molar-refractivity contribution in [2.45, 2.75) is 52.9 Å². The van der Waals surface area contributed by atoms with Crippen LogP contribution < -0.4 is 5.73 Å². The summed E-state index contributed by atoms with van der Waals surface area (Å²) in [7, 11) is 0. The van der Waals surface area contributed by atoms with E-state index < -0.39 is 0 Å². The number of amides is 2. The van der Waals surface area contributed by atoms with E-state index in [4.69, 9.17) is 5.73 Å². The highest BCUT2D eigenvalue weighted by atomic mass is 16.2. The SMILES string of the molecule is CC1CC2C(=O)N(CCCCC(C)(C)CN)C(=O)C2C1. The summed E-state index contributed by atoms with van der Waals surface area (Å²) < 4.78 is 0. The van der Waals surface area contributed by atoms with Crippen LogP contribution in [-0.2, 0) is 9.59 Å². The molecule has 4 nitrogen and oxygen atoms in total. The summed E-state index contributed by atoms with van der Waals surface area (Å²) in [6.07, 6.45) is 4.75. The van der Waals surface area contributed by atoms with E-state index in [2.05, 4.69) is 20.8 Å². The summed E-state index contributed by atoms with van der Waals surface area (Å²) in [5.74, 6) is 0.659. The van der Waals surface area contributed by atoms with Gasteiger partial charge in [-0.3, -0.25) is 14.5 Å². The molecule has 1 heterocycles. The normalized spacial score (nSPS) is 30.2. The van der Waals surface area contributed by atoms with Crippen molar-refractivity contribution in [3.05, 3.63) is 0 Å². The molecule has 1 aliphatic carbocycles. The van der Waals surface area contributed by atoms with Crippen LogP contribution in [-0.4, -0.2) is 29.8 Å². The summed E-state index contributed by atoms with van der Waals surface area (Å²) in [5, 5.41) is 0. The van der Waals surface area contributed by atoms with Crippen LogP contribution >= 0.6 is 0 Å². The van der Waals surface area contributed by atoms with Crippen molar-refractivity contribution >= 4 is 11.8 Å². The lowest BCUT2D eigenvalue weighted by Crippen LogP contribution is -2.33. The van der Waals surface area contributed by atoms with Gasteiger partial charge in [0.25, 0.3) is 0 Å². The standard InChI is InChI=1S/C16H28N2O2/c1-11-8-12-13(9-11)15(20)18(14(12)19)7-5-4-6-16(2,3)10-17/h11-13H,4-10,17H2,1-3H3. The van der Waals surface area contributed by atoms with E-state index in [-0.39, 0.29) is 29.1 Å². The Morgan fingerprint density at radius 2 is 1.70 bits per heavy atom. The van der Waals surface area contributed by atoms with Gasteiger partial charge in [0.1, 0.15) is 0 Å². The Balaban J connectivity index is 1.80. The summed E-state index contributed by atoms with van der Waals surface area (Å²) in [5.41, 5.74) is 5.87. The van der Waals surface area contributed by atoms with E-state index in [9.17, 15) is 9.59 Å². The van der Waals surface area contributed by atoms with Gasteiger partial charge in [0.15, 0.2) is 0 Å². The van der Waals surface area contributed by atoms with Crippen LogP contribution in [0, 0.1) is 23.2 Å². The van der Waals surface area contributed by atoms with Gasteiger partial charge in [-0.15, -0.1) is 0 Å². The van der Waals surface area contributed by atoms with Gasteiger partial charge in [-0.1, -0.05) is 27.2 Å². The lowest BCUT2D eigenvalue weighted by atomic mass is 9.87. The maximum absolute atomic E-state index is 12.3. The second kappa shape index (κ2) is 5.84. The van der Waals surface area contributed by atoms with Crippen LogP contribution in [0.5, 0.6) is 0 Å². The van der Waals surface area contributed by atoms with Gasteiger partial charge in [0.05, 0.1) is 11.8 Å². The molecule has 2 fully saturated rings. The predicted molar refractivity (Wildman–Crippen MR) is 78.8 cm³/mol. The fourth-order valence-electron chi connectivity index (χ4n) is 3.54. The summed E-state index contributed by atoms with van der Waals surface area (Å²) in [6, 6.07) is 0. The Morgan fingerprint density at radius 3 is 2.20 bits per heavy atom. The molecule has 0 aromatic carbocycles. The number of hydrogen-bond donors (Lipinski definition) is 1. The summed E-state index contributed by atoms with van der Waals surface area (Å²) >= 11 is 0. The van der Waals surface area contributed by atoms with Crippen molar-refractivity contribution in [2.75, 3.05) is 13.1 Å². The van der Waals surface area contributed by atoms with Gasteiger partial charge >= 0.3 is 0 Å². The number of unbranched alkanes of at least 4 members (excludes halogenated alkanes) is 1. The van der Waals surface area contributed by atoms with E-state index in [0.29, 0.717) is 19.0 Å². The van der Waals surface area contributed by atoms with Gasteiger partial charge in [-0.05, 0) is 43.6 Å². The molecular weight excluding hydrogens is 252 g/mol. The van der Waals surface area contributed by atoms with E-state index >= 15 is 0 Å². The van der Waals surface area contributed by atoms with E-state index in [1.807, 2.05) is 0 Å². The first-order valence-electron chi connectivity index (χ1n) is 7.91. The number of carbonyl (C=O) groups is 2. The molecule has 114 valence electrons. The fraction of sp³-hybridized carbons (Fsp3) is 0.875. The van der Waals surface area contributed by atoms with Gasteiger partial charge in [-0.25, -0.2) is 0 Å². The number of nitrogens with zero attached hydrogens (tertiary/aromatic N) is 1. The fourth-order valence-corrected chi connectivity index (χ4v) is 3.54. The molecular formula is C16H28N2O2. The Kier molecular flexibility index (Phi) is 4.52. The molecule has 2 aliphatic rings. The molecule has 2 amide bonds. The first-order chi connectivity index (χ1) is 9.35. The van der Waals surface area contributed by atoms with Crippen LogP contribution in [0.4, 0.5) is 0 Å². The molecule has 0 spiro atoms. The molecule has 0 bridgehead atoms. The Hall–Kier alpha value is -0.900. The number of nitrogens with two attached hydrogens (primary N) is 1. The Bertz CT molecular complexity index is 368. The highest BCUT2D eigenvalue weighted by Crippen LogP contribution is 2.42. The van der Waals surface area contributed by atoms with Crippen molar-refractivity contribution < 1.29 is 9.59 Å². The van der Waals surface area contributed by atoms with Crippen LogP contribution in [0.25, 0.3) is 0 Å². The highest BCUT2D eigenvalue weighted by Gasteiger charge is 2.51. The maximum atomic E-state index is 12.3. The molecule has 2 atom stereocenters. The number of likely N-dealkylation sites (tertiary alicyclic amines) is 1. The molecule has 0 radical (unpaired) electrons. The zero-order valence-electron chi connectivity index (χ0n) is 13.0. The van der Waals surface area contributed by atoms with Crippen LogP contribution in [0.1, 0.15) is 52.9 Å². The first kappa shape index (κ1) is 15.5. The zero-order valence-corrected chi connectivity index (χ0v) is 13.0. The topological polar surface area (TPSA) is 63.4 Å². The summed E-state index contributed by atoms with van der Waals surface area (Å²) in [6.45, 7) is 7.73. The Morgan fingerprint density at radius 1 is 1.15 bits per heavy atom. The molecule has 4 heteroatoms. The lowest BCUT2D eigenvalue weighted by molar-refractivity contribution is -0.140.